The molecule has 7 heteroatoms. The summed E-state index contributed by atoms with van der Waals surface area (Å²) in [5, 5.41) is 12.4. The van der Waals surface area contributed by atoms with E-state index in [1.165, 1.54) is 18.4 Å². The lowest BCUT2D eigenvalue weighted by atomic mass is 9.95. The Labute approximate surface area is 149 Å². The molecule has 1 aromatic heterocycles. The van der Waals surface area contributed by atoms with Gasteiger partial charge < -0.3 is 4.74 Å². The number of ether oxygens (including phenoxy) is 1. The van der Waals surface area contributed by atoms with Crippen molar-refractivity contribution in [1.82, 2.24) is 25.1 Å². The highest BCUT2D eigenvalue weighted by atomic mass is 35.5. The van der Waals surface area contributed by atoms with E-state index in [1.807, 2.05) is 10.7 Å². The predicted molar refractivity (Wildman–Crippen MR) is 95.2 cm³/mol. The molecular weight excluding hydrogens is 326 g/mol. The lowest BCUT2D eigenvalue weighted by Gasteiger charge is -2.36. The highest BCUT2D eigenvalue weighted by Gasteiger charge is 2.30. The topological polar surface area (TPSA) is 56.1 Å². The second-order valence-electron chi connectivity index (χ2n) is 6.28. The van der Waals surface area contributed by atoms with Crippen molar-refractivity contribution in [1.29, 1.82) is 0 Å². The van der Waals surface area contributed by atoms with Gasteiger partial charge in [0.05, 0.1) is 19.2 Å². The van der Waals surface area contributed by atoms with Crippen LogP contribution in [0.15, 0.2) is 30.3 Å². The van der Waals surface area contributed by atoms with Gasteiger partial charge in [-0.1, -0.05) is 37.3 Å². The number of hydrogen-bond donors (Lipinski definition) is 0. The molecule has 1 aromatic carbocycles. The van der Waals surface area contributed by atoms with E-state index in [1.54, 1.807) is 7.11 Å². The fourth-order valence-electron chi connectivity index (χ4n) is 3.19. The van der Waals surface area contributed by atoms with Gasteiger partial charge in [0.1, 0.15) is 0 Å². The Hall–Kier alpha value is -1.50. The van der Waals surface area contributed by atoms with Crippen LogP contribution in [0.25, 0.3) is 0 Å². The number of rotatable bonds is 6. The zero-order valence-electron chi connectivity index (χ0n) is 14.3. The molecule has 1 atom stereocenters. The van der Waals surface area contributed by atoms with Gasteiger partial charge >= 0.3 is 0 Å². The average Bonchev–Trinajstić information content (AvgIpc) is 3.04. The minimum Gasteiger partial charge on any atom is -0.383 e. The molecule has 0 saturated carbocycles. The van der Waals surface area contributed by atoms with Crippen LogP contribution >= 0.6 is 12.4 Å². The Morgan fingerprint density at radius 3 is 2.58 bits per heavy atom. The molecule has 0 radical (unpaired) electrons. The summed E-state index contributed by atoms with van der Waals surface area (Å²) in [5.41, 5.74) is 1.25. The molecule has 0 bridgehead atoms. The quantitative estimate of drug-likeness (QED) is 0.800. The van der Waals surface area contributed by atoms with Crippen molar-refractivity contribution in [2.45, 2.75) is 32.4 Å². The van der Waals surface area contributed by atoms with E-state index in [2.05, 4.69) is 51.6 Å². The van der Waals surface area contributed by atoms with Gasteiger partial charge in [-0.15, -0.1) is 17.5 Å². The zero-order chi connectivity index (χ0) is 16.1. The van der Waals surface area contributed by atoms with Crippen molar-refractivity contribution >= 4 is 12.4 Å². The average molecular weight is 352 g/mol. The summed E-state index contributed by atoms with van der Waals surface area (Å²) in [5.74, 6) is 1.70. The summed E-state index contributed by atoms with van der Waals surface area (Å²) >= 11 is 0. The molecule has 3 rings (SSSR count). The minimum absolute atomic E-state index is 0. The third-order valence-electron chi connectivity index (χ3n) is 4.61. The maximum atomic E-state index is 5.19. The molecule has 0 N–H and O–H groups in total. The Morgan fingerprint density at radius 1 is 1.21 bits per heavy atom. The molecule has 2 aromatic rings. The number of benzene rings is 1. The van der Waals surface area contributed by atoms with Crippen LogP contribution in [0.4, 0.5) is 0 Å². The summed E-state index contributed by atoms with van der Waals surface area (Å²) in [7, 11) is 1.70. The maximum absolute atomic E-state index is 5.19. The molecule has 2 heterocycles. The molecule has 1 saturated heterocycles. The van der Waals surface area contributed by atoms with Crippen molar-refractivity contribution in [3.63, 3.8) is 0 Å². The summed E-state index contributed by atoms with van der Waals surface area (Å²) in [6.07, 6.45) is 2.45. The minimum atomic E-state index is 0. The number of piperidine rings is 1. The van der Waals surface area contributed by atoms with Crippen molar-refractivity contribution in [3.05, 3.63) is 41.7 Å². The van der Waals surface area contributed by atoms with E-state index in [0.717, 1.165) is 24.8 Å². The first kappa shape index (κ1) is 18.8. The van der Waals surface area contributed by atoms with Crippen LogP contribution in [0.2, 0.25) is 0 Å². The molecule has 1 aliphatic heterocycles. The number of nitrogens with zero attached hydrogens (tertiary/aromatic N) is 5. The standard InChI is InChI=1S/C17H25N5O.ClH/c1-14-8-10-21(11-9-14)16(15-6-4-3-5-7-15)17-18-19-20-22(17)12-13-23-2;/h3-7,14,16H,8-13H2,1-2H3;1H. The number of likely N-dealkylation sites (tertiary alicyclic amines) is 1. The number of aromatic nitrogens is 4. The summed E-state index contributed by atoms with van der Waals surface area (Å²) in [6, 6.07) is 10.6. The lowest BCUT2D eigenvalue weighted by Crippen LogP contribution is -2.38. The Kier molecular flexibility index (Phi) is 7.15. The SMILES string of the molecule is COCCn1nnnc1C(c1ccccc1)N1CCC(C)CC1.Cl. The van der Waals surface area contributed by atoms with E-state index in [0.29, 0.717) is 13.2 Å². The van der Waals surface area contributed by atoms with Crippen LogP contribution in [-0.2, 0) is 11.3 Å². The van der Waals surface area contributed by atoms with Crippen LogP contribution in [0.1, 0.15) is 37.2 Å². The Morgan fingerprint density at radius 2 is 1.92 bits per heavy atom. The number of hydrogen-bond acceptors (Lipinski definition) is 5. The van der Waals surface area contributed by atoms with Crippen molar-refractivity contribution in [2.24, 2.45) is 5.92 Å². The molecule has 0 aliphatic carbocycles. The van der Waals surface area contributed by atoms with Gasteiger partial charge in [0, 0.05) is 7.11 Å². The number of tetrazole rings is 1. The second-order valence-corrected chi connectivity index (χ2v) is 6.28. The molecule has 6 nitrogen and oxygen atoms in total. The first-order chi connectivity index (χ1) is 11.3. The molecule has 1 fully saturated rings. The van der Waals surface area contributed by atoms with Crippen LogP contribution in [0.5, 0.6) is 0 Å². The fraction of sp³-hybridized carbons (Fsp3) is 0.588. The predicted octanol–water partition coefficient (Wildman–Crippen LogP) is 2.56. The highest BCUT2D eigenvalue weighted by molar-refractivity contribution is 5.85. The smallest absolute Gasteiger partial charge is 0.173 e. The monoisotopic (exact) mass is 351 g/mol. The third kappa shape index (κ3) is 4.32. The summed E-state index contributed by atoms with van der Waals surface area (Å²) in [6.45, 7) is 5.77. The normalized spacial score (nSPS) is 17.4. The van der Waals surface area contributed by atoms with Crippen LogP contribution in [0, 0.1) is 5.92 Å². The fourth-order valence-corrected chi connectivity index (χ4v) is 3.19. The van der Waals surface area contributed by atoms with Gasteiger partial charge in [-0.3, -0.25) is 4.90 Å². The molecular formula is C17H26ClN5O. The Balaban J connectivity index is 0.00000208. The van der Waals surface area contributed by atoms with Gasteiger partial charge in [-0.25, -0.2) is 4.68 Å². The molecule has 1 aliphatic rings. The van der Waals surface area contributed by atoms with Crippen molar-refractivity contribution in [2.75, 3.05) is 26.8 Å². The van der Waals surface area contributed by atoms with E-state index in [-0.39, 0.29) is 18.4 Å². The van der Waals surface area contributed by atoms with Crippen molar-refractivity contribution < 1.29 is 4.74 Å². The first-order valence-electron chi connectivity index (χ1n) is 8.33. The van der Waals surface area contributed by atoms with Crippen molar-refractivity contribution in [3.8, 4) is 0 Å². The zero-order valence-corrected chi connectivity index (χ0v) is 15.2. The Bertz CT molecular complexity index is 598. The maximum Gasteiger partial charge on any atom is 0.173 e. The molecule has 0 amide bonds. The second kappa shape index (κ2) is 9.11. The lowest BCUT2D eigenvalue weighted by molar-refractivity contribution is 0.144. The highest BCUT2D eigenvalue weighted by Crippen LogP contribution is 2.30. The number of halogens is 1. The molecule has 1 unspecified atom stereocenters. The summed E-state index contributed by atoms with van der Waals surface area (Å²) < 4.78 is 7.06. The van der Waals surface area contributed by atoms with Gasteiger partial charge in [0.15, 0.2) is 5.82 Å². The first-order valence-corrected chi connectivity index (χ1v) is 8.33. The van der Waals surface area contributed by atoms with Gasteiger partial charge in [-0.05, 0) is 47.8 Å². The van der Waals surface area contributed by atoms with Gasteiger partial charge in [0.2, 0.25) is 0 Å². The summed E-state index contributed by atoms with van der Waals surface area (Å²) in [4.78, 5) is 2.50. The largest absolute Gasteiger partial charge is 0.383 e. The third-order valence-corrected chi connectivity index (χ3v) is 4.61. The van der Waals surface area contributed by atoms with Crippen LogP contribution < -0.4 is 0 Å². The molecule has 132 valence electrons. The van der Waals surface area contributed by atoms with Gasteiger partial charge in [0.25, 0.3) is 0 Å². The van der Waals surface area contributed by atoms with Crippen LogP contribution in [-0.4, -0.2) is 51.9 Å². The van der Waals surface area contributed by atoms with E-state index < -0.39 is 0 Å². The van der Waals surface area contributed by atoms with Crippen LogP contribution in [0.3, 0.4) is 0 Å². The molecule has 24 heavy (non-hydrogen) atoms. The van der Waals surface area contributed by atoms with Gasteiger partial charge in [-0.2, -0.15) is 0 Å². The number of methoxy groups -OCH3 is 1. The molecule has 0 spiro atoms. The van der Waals surface area contributed by atoms with E-state index in [9.17, 15) is 0 Å². The van der Waals surface area contributed by atoms with E-state index >= 15 is 0 Å². The van der Waals surface area contributed by atoms with E-state index in [4.69, 9.17) is 4.74 Å².